The Morgan fingerprint density at radius 3 is 2.95 bits per heavy atom. The summed E-state index contributed by atoms with van der Waals surface area (Å²) in [6.45, 7) is 2.90. The summed E-state index contributed by atoms with van der Waals surface area (Å²) < 4.78 is 28.3. The Kier molecular flexibility index (Phi) is 4.73. The number of hydrogen-bond donors (Lipinski definition) is 2. The van der Waals surface area contributed by atoms with Crippen molar-refractivity contribution in [3.63, 3.8) is 0 Å². The highest BCUT2D eigenvalue weighted by Gasteiger charge is 2.20. The quantitative estimate of drug-likeness (QED) is 0.788. The number of aryl methyl sites for hydroxylation is 1. The summed E-state index contributed by atoms with van der Waals surface area (Å²) in [5, 5.41) is 5.88. The molecule has 0 fully saturated rings. The molecule has 9 heteroatoms. The van der Waals surface area contributed by atoms with Crippen LogP contribution in [0.25, 0.3) is 0 Å². The number of nitrogens with one attached hydrogen (secondary N) is 1. The molecule has 2 rings (SSSR count). The van der Waals surface area contributed by atoms with Gasteiger partial charge in [-0.3, -0.25) is 4.68 Å². The van der Waals surface area contributed by atoms with Crippen LogP contribution in [0.2, 0.25) is 0 Å². The summed E-state index contributed by atoms with van der Waals surface area (Å²) in [7, 11) is -3.62. The summed E-state index contributed by atoms with van der Waals surface area (Å²) in [6.07, 6.45) is 2.87. The van der Waals surface area contributed by atoms with Crippen LogP contribution in [-0.4, -0.2) is 29.7 Å². The maximum atomic E-state index is 12.1. The van der Waals surface area contributed by atoms with Gasteiger partial charge in [0.15, 0.2) is 5.82 Å². The fraction of sp³-hybridized carbons (Fsp3) is 0.455. The van der Waals surface area contributed by atoms with Gasteiger partial charge in [0.1, 0.15) is 4.90 Å². The topological polar surface area (TPSA) is 103 Å². The van der Waals surface area contributed by atoms with Gasteiger partial charge in [0.05, 0.1) is 11.2 Å². The number of rotatable bonds is 7. The number of sulfonamides is 1. The van der Waals surface area contributed by atoms with Gasteiger partial charge in [-0.2, -0.15) is 5.10 Å². The van der Waals surface area contributed by atoms with E-state index in [2.05, 4.69) is 14.8 Å². The molecule has 0 aliphatic rings. The van der Waals surface area contributed by atoms with Crippen LogP contribution in [0.3, 0.4) is 0 Å². The predicted molar refractivity (Wildman–Crippen MR) is 77.9 cm³/mol. The van der Waals surface area contributed by atoms with Crippen molar-refractivity contribution in [3.05, 3.63) is 22.8 Å². The first kappa shape index (κ1) is 14.9. The number of nitrogens with zero attached hydrogens (tertiary/aromatic N) is 3. The summed E-state index contributed by atoms with van der Waals surface area (Å²) in [4.78, 5) is 4.13. The van der Waals surface area contributed by atoms with Crippen molar-refractivity contribution < 1.29 is 8.42 Å². The van der Waals surface area contributed by atoms with E-state index in [1.807, 2.05) is 12.3 Å². The van der Waals surface area contributed by atoms with E-state index in [0.29, 0.717) is 13.0 Å². The van der Waals surface area contributed by atoms with E-state index < -0.39 is 10.0 Å². The van der Waals surface area contributed by atoms with E-state index in [1.165, 1.54) is 17.5 Å². The monoisotopic (exact) mass is 315 g/mol. The van der Waals surface area contributed by atoms with Gasteiger partial charge < -0.3 is 5.73 Å². The minimum absolute atomic E-state index is 0.0274. The summed E-state index contributed by atoms with van der Waals surface area (Å²) in [6, 6.07) is 0. The number of nitrogens with two attached hydrogens (primary N) is 1. The number of nitrogen functional groups attached to an aromatic ring is 1. The molecule has 0 spiro atoms. The van der Waals surface area contributed by atoms with Crippen LogP contribution in [0.15, 0.2) is 22.0 Å². The van der Waals surface area contributed by atoms with Gasteiger partial charge in [0.2, 0.25) is 10.0 Å². The maximum absolute atomic E-state index is 12.1. The first-order valence-electron chi connectivity index (χ1n) is 6.22. The van der Waals surface area contributed by atoms with Crippen molar-refractivity contribution in [2.75, 3.05) is 12.3 Å². The fourth-order valence-corrected chi connectivity index (χ4v) is 3.42. The second-order valence-electron chi connectivity index (χ2n) is 4.27. The standard InChI is InChI=1S/C11H17N5O2S2/c1-2-5-16-6-10(11(12)15-16)20(17,18)14-4-3-9-7-19-8-13-9/h6-8,14H,2-5H2,1H3,(H2,12,15). The predicted octanol–water partition coefficient (Wildman–Crippen LogP) is 0.853. The smallest absolute Gasteiger partial charge is 0.245 e. The molecular weight excluding hydrogens is 298 g/mol. The molecule has 0 bridgehead atoms. The van der Waals surface area contributed by atoms with E-state index in [4.69, 9.17) is 5.73 Å². The highest BCUT2D eigenvalue weighted by atomic mass is 32.2. The molecule has 20 heavy (non-hydrogen) atoms. The van der Waals surface area contributed by atoms with E-state index in [0.717, 1.165) is 12.1 Å². The Labute approximate surface area is 121 Å². The molecule has 3 N–H and O–H groups in total. The third-order valence-corrected chi connectivity index (χ3v) is 4.77. The van der Waals surface area contributed by atoms with Gasteiger partial charge in [-0.25, -0.2) is 18.1 Å². The van der Waals surface area contributed by atoms with Crippen LogP contribution in [-0.2, 0) is 23.0 Å². The maximum Gasteiger partial charge on any atom is 0.245 e. The molecule has 0 atom stereocenters. The first-order chi connectivity index (χ1) is 9.53. The second kappa shape index (κ2) is 6.33. The molecular formula is C11H17N5O2S2. The zero-order chi connectivity index (χ0) is 14.6. The van der Waals surface area contributed by atoms with Crippen molar-refractivity contribution in [1.29, 1.82) is 0 Å². The van der Waals surface area contributed by atoms with Crippen molar-refractivity contribution in [3.8, 4) is 0 Å². The molecule has 0 radical (unpaired) electrons. The molecule has 2 heterocycles. The second-order valence-corrected chi connectivity index (χ2v) is 6.72. The lowest BCUT2D eigenvalue weighted by Gasteiger charge is -2.04. The molecule has 0 amide bonds. The molecule has 0 saturated heterocycles. The van der Waals surface area contributed by atoms with Crippen LogP contribution >= 0.6 is 11.3 Å². The fourth-order valence-electron chi connectivity index (χ4n) is 1.72. The number of aromatic nitrogens is 3. The van der Waals surface area contributed by atoms with Crippen LogP contribution in [0.5, 0.6) is 0 Å². The van der Waals surface area contributed by atoms with Gasteiger partial charge in [-0.05, 0) is 6.42 Å². The van der Waals surface area contributed by atoms with Gasteiger partial charge >= 0.3 is 0 Å². The Morgan fingerprint density at radius 2 is 2.30 bits per heavy atom. The van der Waals surface area contributed by atoms with Crippen LogP contribution < -0.4 is 10.5 Å². The molecule has 7 nitrogen and oxygen atoms in total. The first-order valence-corrected chi connectivity index (χ1v) is 8.65. The summed E-state index contributed by atoms with van der Waals surface area (Å²) in [5.41, 5.74) is 8.25. The molecule has 0 unspecified atom stereocenters. The van der Waals surface area contributed by atoms with Crippen LogP contribution in [0.4, 0.5) is 5.82 Å². The average Bonchev–Trinajstić information content (AvgIpc) is 2.99. The minimum atomic E-state index is -3.62. The van der Waals surface area contributed by atoms with Crippen molar-refractivity contribution in [2.45, 2.75) is 31.2 Å². The lowest BCUT2D eigenvalue weighted by Crippen LogP contribution is -2.26. The Hall–Kier alpha value is -1.45. The Morgan fingerprint density at radius 1 is 1.50 bits per heavy atom. The normalized spacial score (nSPS) is 11.8. The SMILES string of the molecule is CCCn1cc(S(=O)(=O)NCCc2cscn2)c(N)n1. The van der Waals surface area contributed by atoms with Crippen molar-refractivity contribution in [2.24, 2.45) is 0 Å². The summed E-state index contributed by atoms with van der Waals surface area (Å²) >= 11 is 1.48. The largest absolute Gasteiger partial charge is 0.381 e. The third kappa shape index (κ3) is 3.56. The van der Waals surface area contributed by atoms with E-state index in [-0.39, 0.29) is 17.3 Å². The van der Waals surface area contributed by atoms with E-state index in [9.17, 15) is 8.42 Å². The molecule has 0 aromatic carbocycles. The lowest BCUT2D eigenvalue weighted by molar-refractivity contribution is 0.579. The van der Waals surface area contributed by atoms with Crippen LogP contribution in [0.1, 0.15) is 19.0 Å². The van der Waals surface area contributed by atoms with Crippen molar-refractivity contribution in [1.82, 2.24) is 19.5 Å². The Bertz CT molecular complexity index is 648. The highest BCUT2D eigenvalue weighted by Crippen LogP contribution is 2.16. The molecule has 0 aliphatic carbocycles. The van der Waals surface area contributed by atoms with E-state index in [1.54, 1.807) is 10.2 Å². The van der Waals surface area contributed by atoms with Gasteiger partial charge in [0, 0.05) is 31.1 Å². The van der Waals surface area contributed by atoms with Gasteiger partial charge in [-0.15, -0.1) is 11.3 Å². The average molecular weight is 315 g/mol. The highest BCUT2D eigenvalue weighted by molar-refractivity contribution is 7.89. The number of anilines is 1. The number of thiazole rings is 1. The van der Waals surface area contributed by atoms with Gasteiger partial charge in [0.25, 0.3) is 0 Å². The summed E-state index contributed by atoms with van der Waals surface area (Å²) in [5.74, 6) is 0.0274. The van der Waals surface area contributed by atoms with Gasteiger partial charge in [-0.1, -0.05) is 6.92 Å². The number of hydrogen-bond acceptors (Lipinski definition) is 6. The molecule has 0 saturated carbocycles. The molecule has 0 aliphatic heterocycles. The lowest BCUT2D eigenvalue weighted by atomic mass is 10.3. The third-order valence-electron chi connectivity index (χ3n) is 2.65. The Balaban J connectivity index is 2.02. The minimum Gasteiger partial charge on any atom is -0.381 e. The van der Waals surface area contributed by atoms with E-state index >= 15 is 0 Å². The molecule has 2 aromatic rings. The van der Waals surface area contributed by atoms with Crippen LogP contribution in [0, 0.1) is 0 Å². The molecule has 110 valence electrons. The van der Waals surface area contributed by atoms with Crippen molar-refractivity contribution >= 4 is 27.2 Å². The zero-order valence-corrected chi connectivity index (χ0v) is 12.7. The molecule has 2 aromatic heterocycles. The zero-order valence-electron chi connectivity index (χ0n) is 11.1.